The molecule has 1 heterocycles. The van der Waals surface area contributed by atoms with Gasteiger partial charge >= 0.3 is 5.97 Å². The maximum atomic E-state index is 11.3. The van der Waals surface area contributed by atoms with Crippen molar-refractivity contribution in [1.82, 2.24) is 10.6 Å². The van der Waals surface area contributed by atoms with E-state index in [0.717, 1.165) is 0 Å². The number of hydrogen-bond donors (Lipinski definition) is 2. The van der Waals surface area contributed by atoms with E-state index >= 15 is 0 Å². The third-order valence-electron chi connectivity index (χ3n) is 1.62. The van der Waals surface area contributed by atoms with Gasteiger partial charge in [0, 0.05) is 6.20 Å². The quantitative estimate of drug-likeness (QED) is 0.505. The van der Waals surface area contributed by atoms with Crippen molar-refractivity contribution in [2.45, 2.75) is 12.4 Å². The Balaban J connectivity index is 2.66. The predicted octanol–water partition coefficient (Wildman–Crippen LogP) is -0.201. The molecule has 1 unspecified atom stereocenters. The van der Waals surface area contributed by atoms with Crippen molar-refractivity contribution in [2.75, 3.05) is 12.9 Å². The van der Waals surface area contributed by atoms with E-state index in [0.29, 0.717) is 0 Å². The normalized spacial score (nSPS) is 20.6. The molecule has 6 heteroatoms. The summed E-state index contributed by atoms with van der Waals surface area (Å²) in [6, 6.07) is 0. The van der Waals surface area contributed by atoms with Crippen LogP contribution in [-0.2, 0) is 14.3 Å². The highest BCUT2D eigenvalue weighted by molar-refractivity contribution is 7.99. The first kappa shape index (κ1) is 10.9. The Bertz CT molecular complexity index is 278. The summed E-state index contributed by atoms with van der Waals surface area (Å²) in [6.45, 7) is 1.95. The van der Waals surface area contributed by atoms with Gasteiger partial charge in [-0.25, -0.2) is 4.79 Å². The van der Waals surface area contributed by atoms with Gasteiger partial charge < -0.3 is 15.4 Å². The van der Waals surface area contributed by atoms with Gasteiger partial charge in [-0.2, -0.15) is 0 Å². The smallest absolute Gasteiger partial charge is 0.345 e. The Morgan fingerprint density at radius 3 is 2.93 bits per heavy atom. The van der Waals surface area contributed by atoms with Gasteiger partial charge in [0.2, 0.25) is 0 Å². The van der Waals surface area contributed by atoms with Crippen molar-refractivity contribution < 1.29 is 14.3 Å². The van der Waals surface area contributed by atoms with Gasteiger partial charge in [0.25, 0.3) is 5.91 Å². The summed E-state index contributed by atoms with van der Waals surface area (Å²) in [4.78, 5) is 22.6. The molecule has 1 atom stereocenters. The Hall–Kier alpha value is -1.17. The SMILES string of the molecule is CCOC(=O)C1=CNC(SC)NC1=O. The Morgan fingerprint density at radius 2 is 2.43 bits per heavy atom. The van der Waals surface area contributed by atoms with Gasteiger partial charge in [0.05, 0.1) is 6.61 Å². The van der Waals surface area contributed by atoms with E-state index in [9.17, 15) is 9.59 Å². The minimum Gasteiger partial charge on any atom is -0.462 e. The molecule has 0 aromatic carbocycles. The number of esters is 1. The van der Waals surface area contributed by atoms with Crippen molar-refractivity contribution >= 4 is 23.6 Å². The molecular weight excluding hydrogens is 204 g/mol. The van der Waals surface area contributed by atoms with Crippen molar-refractivity contribution in [3.05, 3.63) is 11.8 Å². The van der Waals surface area contributed by atoms with Crippen LogP contribution in [-0.4, -0.2) is 30.2 Å². The third-order valence-corrected chi connectivity index (χ3v) is 2.34. The highest BCUT2D eigenvalue weighted by Crippen LogP contribution is 2.08. The molecule has 1 aliphatic heterocycles. The summed E-state index contributed by atoms with van der Waals surface area (Å²) in [6.07, 6.45) is 3.24. The molecule has 0 bridgehead atoms. The van der Waals surface area contributed by atoms with Crippen LogP contribution in [0.3, 0.4) is 0 Å². The predicted molar refractivity (Wildman–Crippen MR) is 53.3 cm³/mol. The molecule has 0 radical (unpaired) electrons. The number of ether oxygens (including phenoxy) is 1. The van der Waals surface area contributed by atoms with Crippen molar-refractivity contribution in [3.63, 3.8) is 0 Å². The summed E-state index contributed by atoms with van der Waals surface area (Å²) >= 11 is 1.44. The van der Waals surface area contributed by atoms with E-state index < -0.39 is 11.9 Å². The molecule has 1 aliphatic rings. The minimum absolute atomic E-state index is 0.0113. The molecule has 0 aromatic heterocycles. The molecular formula is C8H12N2O3S. The zero-order chi connectivity index (χ0) is 10.6. The Morgan fingerprint density at radius 1 is 1.71 bits per heavy atom. The molecule has 78 valence electrons. The number of rotatable bonds is 3. The van der Waals surface area contributed by atoms with Gasteiger partial charge in [-0.3, -0.25) is 4.79 Å². The zero-order valence-corrected chi connectivity index (χ0v) is 8.81. The van der Waals surface area contributed by atoms with Crippen molar-refractivity contribution in [3.8, 4) is 0 Å². The standard InChI is InChI=1S/C8H12N2O3S/c1-3-13-7(12)5-4-9-8(14-2)10-6(5)11/h4,8-9H,3H2,1-2H3,(H,10,11). The lowest BCUT2D eigenvalue weighted by Gasteiger charge is -2.22. The van der Waals surface area contributed by atoms with Crippen LogP contribution >= 0.6 is 11.8 Å². The van der Waals surface area contributed by atoms with Crippen LogP contribution in [0.25, 0.3) is 0 Å². The molecule has 1 rings (SSSR count). The minimum atomic E-state index is -0.600. The molecule has 0 fully saturated rings. The first-order valence-electron chi connectivity index (χ1n) is 4.16. The van der Waals surface area contributed by atoms with E-state index in [1.54, 1.807) is 6.92 Å². The Kier molecular flexibility index (Phi) is 3.82. The van der Waals surface area contributed by atoms with Crippen molar-refractivity contribution in [2.24, 2.45) is 0 Å². The van der Waals surface area contributed by atoms with Crippen LogP contribution in [0.2, 0.25) is 0 Å². The third kappa shape index (κ3) is 2.41. The molecule has 0 saturated carbocycles. The number of hydrogen-bond acceptors (Lipinski definition) is 5. The van der Waals surface area contributed by atoms with E-state index in [1.165, 1.54) is 18.0 Å². The molecule has 14 heavy (non-hydrogen) atoms. The van der Waals surface area contributed by atoms with Crippen LogP contribution in [0.5, 0.6) is 0 Å². The average molecular weight is 216 g/mol. The maximum Gasteiger partial charge on any atom is 0.345 e. The molecule has 0 saturated heterocycles. The van der Waals surface area contributed by atoms with E-state index in [4.69, 9.17) is 4.74 Å². The zero-order valence-electron chi connectivity index (χ0n) is 7.99. The monoisotopic (exact) mass is 216 g/mol. The summed E-state index contributed by atoms with van der Waals surface area (Å²) < 4.78 is 4.71. The molecule has 2 N–H and O–H groups in total. The largest absolute Gasteiger partial charge is 0.462 e. The molecule has 0 aromatic rings. The van der Waals surface area contributed by atoms with Crippen LogP contribution in [0, 0.1) is 0 Å². The van der Waals surface area contributed by atoms with Crippen LogP contribution in [0.4, 0.5) is 0 Å². The summed E-state index contributed by atoms with van der Waals surface area (Å²) in [5, 5.41) is 5.46. The van der Waals surface area contributed by atoms with Crippen molar-refractivity contribution in [1.29, 1.82) is 0 Å². The molecule has 0 aliphatic carbocycles. The van der Waals surface area contributed by atoms with Gasteiger partial charge in [-0.1, -0.05) is 0 Å². The van der Waals surface area contributed by atoms with E-state index in [1.807, 2.05) is 6.26 Å². The number of nitrogens with one attached hydrogen (secondary N) is 2. The number of amides is 1. The van der Waals surface area contributed by atoms with Crippen LogP contribution < -0.4 is 10.6 Å². The topological polar surface area (TPSA) is 67.4 Å². The highest BCUT2D eigenvalue weighted by atomic mass is 32.2. The van der Waals surface area contributed by atoms with E-state index in [-0.39, 0.29) is 17.7 Å². The Labute approximate surface area is 86.3 Å². The van der Waals surface area contributed by atoms with Gasteiger partial charge in [-0.15, -0.1) is 11.8 Å². The first-order chi connectivity index (χ1) is 6.69. The number of carbonyl (C=O) groups excluding carboxylic acids is 2. The fraction of sp³-hybridized carbons (Fsp3) is 0.500. The molecule has 5 nitrogen and oxygen atoms in total. The molecule has 0 spiro atoms. The first-order valence-corrected chi connectivity index (χ1v) is 5.44. The van der Waals surface area contributed by atoms with Gasteiger partial charge in [0.15, 0.2) is 0 Å². The summed E-state index contributed by atoms with van der Waals surface area (Å²) in [5.41, 5.74) is -0.169. The second kappa shape index (κ2) is 4.90. The highest BCUT2D eigenvalue weighted by Gasteiger charge is 2.25. The summed E-state index contributed by atoms with van der Waals surface area (Å²) in [7, 11) is 0. The number of carbonyl (C=O) groups is 2. The molecule has 1 amide bonds. The van der Waals surface area contributed by atoms with Gasteiger partial charge in [0.1, 0.15) is 11.1 Å². The van der Waals surface area contributed by atoms with Gasteiger partial charge in [-0.05, 0) is 13.2 Å². The van der Waals surface area contributed by atoms with Crippen LogP contribution in [0.15, 0.2) is 11.8 Å². The van der Waals surface area contributed by atoms with E-state index in [2.05, 4.69) is 10.6 Å². The maximum absolute atomic E-state index is 11.3. The van der Waals surface area contributed by atoms with Crippen LogP contribution in [0.1, 0.15) is 6.92 Å². The lowest BCUT2D eigenvalue weighted by Crippen LogP contribution is -2.47. The second-order valence-electron chi connectivity index (χ2n) is 2.53. The average Bonchev–Trinajstić information content (AvgIpc) is 2.17. The fourth-order valence-electron chi connectivity index (χ4n) is 0.950. The number of thioether (sulfide) groups is 1. The lowest BCUT2D eigenvalue weighted by molar-refractivity contribution is -0.140. The lowest BCUT2D eigenvalue weighted by atomic mass is 10.2. The fourth-order valence-corrected chi connectivity index (χ4v) is 1.38. The summed E-state index contributed by atoms with van der Waals surface area (Å²) in [5.74, 6) is -1.00. The second-order valence-corrected chi connectivity index (χ2v) is 3.48.